The molecule has 1 saturated heterocycles. The SMILES string of the molecule is CCn1cc(C2CCN(C(=O)NC[C@@H](C)c3nccs3)CC2)cn1. The van der Waals surface area contributed by atoms with Gasteiger partial charge in [0.25, 0.3) is 0 Å². The fourth-order valence-electron chi connectivity index (χ4n) is 3.10. The lowest BCUT2D eigenvalue weighted by Crippen LogP contribution is -2.45. The zero-order valence-corrected chi connectivity index (χ0v) is 15.1. The van der Waals surface area contributed by atoms with Crippen LogP contribution in [0.5, 0.6) is 0 Å². The van der Waals surface area contributed by atoms with E-state index in [1.807, 2.05) is 27.4 Å². The molecule has 1 aliphatic heterocycles. The Hall–Kier alpha value is -1.89. The number of urea groups is 1. The van der Waals surface area contributed by atoms with E-state index in [9.17, 15) is 4.79 Å². The molecule has 0 aliphatic carbocycles. The Balaban J connectivity index is 1.45. The van der Waals surface area contributed by atoms with Crippen LogP contribution in [0.1, 0.15) is 49.1 Å². The molecule has 2 aromatic rings. The number of amides is 2. The van der Waals surface area contributed by atoms with Crippen LogP contribution in [-0.4, -0.2) is 45.3 Å². The number of carbonyl (C=O) groups is 1. The summed E-state index contributed by atoms with van der Waals surface area (Å²) in [6.45, 7) is 7.33. The van der Waals surface area contributed by atoms with Crippen molar-refractivity contribution in [3.05, 3.63) is 34.5 Å². The lowest BCUT2D eigenvalue weighted by molar-refractivity contribution is 0.181. The molecular formula is C17H25N5OS. The second kappa shape index (κ2) is 7.79. The molecule has 0 spiro atoms. The molecule has 24 heavy (non-hydrogen) atoms. The normalized spacial score (nSPS) is 17.0. The number of hydrogen-bond donors (Lipinski definition) is 1. The van der Waals surface area contributed by atoms with Gasteiger partial charge in [0, 0.05) is 49.9 Å². The third-order valence-corrected chi connectivity index (χ3v) is 5.67. The number of nitrogens with one attached hydrogen (secondary N) is 1. The number of nitrogens with zero attached hydrogens (tertiary/aromatic N) is 4. The lowest BCUT2D eigenvalue weighted by atomic mass is 9.92. The number of thiazole rings is 1. The average molecular weight is 347 g/mol. The Morgan fingerprint density at radius 1 is 1.46 bits per heavy atom. The summed E-state index contributed by atoms with van der Waals surface area (Å²) in [6, 6.07) is 0.0427. The number of piperidine rings is 1. The number of rotatable bonds is 5. The first-order chi connectivity index (χ1) is 11.7. The second-order valence-corrected chi connectivity index (χ2v) is 7.27. The topological polar surface area (TPSA) is 63.1 Å². The van der Waals surface area contributed by atoms with E-state index in [2.05, 4.69) is 35.4 Å². The van der Waals surface area contributed by atoms with Crippen molar-refractivity contribution in [2.24, 2.45) is 0 Å². The minimum absolute atomic E-state index is 0.0427. The van der Waals surface area contributed by atoms with Crippen molar-refractivity contribution in [3.63, 3.8) is 0 Å². The van der Waals surface area contributed by atoms with Crippen LogP contribution in [0.3, 0.4) is 0 Å². The maximum absolute atomic E-state index is 12.3. The van der Waals surface area contributed by atoms with Crippen LogP contribution in [0.2, 0.25) is 0 Å². The van der Waals surface area contributed by atoms with E-state index in [1.165, 1.54) is 5.56 Å². The van der Waals surface area contributed by atoms with E-state index >= 15 is 0 Å². The number of likely N-dealkylation sites (tertiary alicyclic amines) is 1. The quantitative estimate of drug-likeness (QED) is 0.904. The predicted octanol–water partition coefficient (Wildman–Crippen LogP) is 3.05. The van der Waals surface area contributed by atoms with Gasteiger partial charge in [-0.1, -0.05) is 6.92 Å². The predicted molar refractivity (Wildman–Crippen MR) is 95.4 cm³/mol. The highest BCUT2D eigenvalue weighted by Crippen LogP contribution is 2.27. The second-order valence-electron chi connectivity index (χ2n) is 6.35. The lowest BCUT2D eigenvalue weighted by Gasteiger charge is -2.31. The largest absolute Gasteiger partial charge is 0.337 e. The van der Waals surface area contributed by atoms with Crippen molar-refractivity contribution < 1.29 is 4.79 Å². The minimum Gasteiger partial charge on any atom is -0.337 e. The summed E-state index contributed by atoms with van der Waals surface area (Å²) < 4.78 is 1.97. The standard InChI is InChI=1S/C17H25N5OS/c1-3-22-12-15(11-20-22)14-4-7-21(8-5-14)17(23)19-10-13(2)16-18-6-9-24-16/h6,9,11-14H,3-5,7-8,10H2,1-2H3,(H,19,23)/t13-/m1/s1. The Labute approximate surface area is 146 Å². The van der Waals surface area contributed by atoms with Gasteiger partial charge in [-0.25, -0.2) is 9.78 Å². The van der Waals surface area contributed by atoms with Crippen LogP contribution in [0.15, 0.2) is 24.0 Å². The van der Waals surface area contributed by atoms with Gasteiger partial charge in [0.05, 0.1) is 11.2 Å². The van der Waals surface area contributed by atoms with Gasteiger partial charge in [-0.05, 0) is 31.2 Å². The summed E-state index contributed by atoms with van der Waals surface area (Å²) >= 11 is 1.64. The Morgan fingerprint density at radius 3 is 2.88 bits per heavy atom. The van der Waals surface area contributed by atoms with Gasteiger partial charge in [-0.15, -0.1) is 11.3 Å². The van der Waals surface area contributed by atoms with Gasteiger partial charge >= 0.3 is 6.03 Å². The van der Waals surface area contributed by atoms with E-state index in [0.29, 0.717) is 12.5 Å². The molecule has 1 atom stereocenters. The number of aromatic nitrogens is 3. The molecule has 7 heteroatoms. The van der Waals surface area contributed by atoms with E-state index in [0.717, 1.165) is 37.5 Å². The molecular weight excluding hydrogens is 322 g/mol. The number of carbonyl (C=O) groups excluding carboxylic acids is 1. The van der Waals surface area contributed by atoms with Gasteiger partial charge < -0.3 is 10.2 Å². The average Bonchev–Trinajstić information content (AvgIpc) is 3.30. The molecule has 2 aromatic heterocycles. The van der Waals surface area contributed by atoms with Crippen molar-refractivity contribution in [3.8, 4) is 0 Å². The molecule has 0 unspecified atom stereocenters. The van der Waals surface area contributed by atoms with Crippen molar-refractivity contribution in [1.29, 1.82) is 0 Å². The van der Waals surface area contributed by atoms with E-state index < -0.39 is 0 Å². The Kier molecular flexibility index (Phi) is 5.50. The smallest absolute Gasteiger partial charge is 0.317 e. The first kappa shape index (κ1) is 17.0. The molecule has 1 aliphatic rings. The van der Waals surface area contributed by atoms with Crippen LogP contribution in [0.25, 0.3) is 0 Å². The molecule has 130 valence electrons. The summed E-state index contributed by atoms with van der Waals surface area (Å²) in [7, 11) is 0. The van der Waals surface area contributed by atoms with Crippen LogP contribution in [0.4, 0.5) is 4.79 Å². The zero-order chi connectivity index (χ0) is 16.9. The summed E-state index contributed by atoms with van der Waals surface area (Å²) in [5, 5.41) is 10.4. The Bertz CT molecular complexity index is 646. The molecule has 0 aromatic carbocycles. The highest BCUT2D eigenvalue weighted by molar-refractivity contribution is 7.09. The van der Waals surface area contributed by atoms with Crippen LogP contribution in [0, 0.1) is 0 Å². The van der Waals surface area contributed by atoms with E-state index in [-0.39, 0.29) is 11.9 Å². The van der Waals surface area contributed by atoms with Gasteiger partial charge in [-0.2, -0.15) is 5.10 Å². The van der Waals surface area contributed by atoms with Crippen molar-refractivity contribution >= 4 is 17.4 Å². The van der Waals surface area contributed by atoms with Crippen LogP contribution < -0.4 is 5.32 Å². The van der Waals surface area contributed by atoms with Gasteiger partial charge in [0.2, 0.25) is 0 Å². The fourth-order valence-corrected chi connectivity index (χ4v) is 3.80. The Morgan fingerprint density at radius 2 is 2.25 bits per heavy atom. The van der Waals surface area contributed by atoms with Crippen molar-refractivity contribution in [2.75, 3.05) is 19.6 Å². The third-order valence-electron chi connectivity index (χ3n) is 4.66. The maximum Gasteiger partial charge on any atom is 0.317 e. The fraction of sp³-hybridized carbons (Fsp3) is 0.588. The monoisotopic (exact) mass is 347 g/mol. The first-order valence-corrected chi connectivity index (χ1v) is 9.49. The molecule has 0 bridgehead atoms. The highest BCUT2D eigenvalue weighted by Gasteiger charge is 2.24. The van der Waals surface area contributed by atoms with Crippen LogP contribution >= 0.6 is 11.3 Å². The molecule has 2 amide bonds. The summed E-state index contributed by atoms with van der Waals surface area (Å²) in [6.07, 6.45) is 7.93. The summed E-state index contributed by atoms with van der Waals surface area (Å²) in [4.78, 5) is 18.6. The number of aryl methyl sites for hydroxylation is 1. The molecule has 3 rings (SSSR count). The van der Waals surface area contributed by atoms with Gasteiger partial charge in [0.1, 0.15) is 0 Å². The van der Waals surface area contributed by atoms with Crippen molar-refractivity contribution in [1.82, 2.24) is 25.0 Å². The maximum atomic E-state index is 12.3. The molecule has 1 N–H and O–H groups in total. The highest BCUT2D eigenvalue weighted by atomic mass is 32.1. The third kappa shape index (κ3) is 3.95. The van der Waals surface area contributed by atoms with Gasteiger partial charge in [-0.3, -0.25) is 4.68 Å². The van der Waals surface area contributed by atoms with Gasteiger partial charge in [0.15, 0.2) is 0 Å². The minimum atomic E-state index is 0.0427. The molecule has 1 fully saturated rings. The van der Waals surface area contributed by atoms with Crippen LogP contribution in [-0.2, 0) is 6.54 Å². The summed E-state index contributed by atoms with van der Waals surface area (Å²) in [5.41, 5.74) is 1.30. The zero-order valence-electron chi connectivity index (χ0n) is 14.3. The first-order valence-electron chi connectivity index (χ1n) is 8.62. The molecule has 0 saturated carbocycles. The molecule has 6 nitrogen and oxygen atoms in total. The number of hydrogen-bond acceptors (Lipinski definition) is 4. The van der Waals surface area contributed by atoms with Crippen molar-refractivity contribution in [2.45, 2.75) is 45.1 Å². The van der Waals surface area contributed by atoms with E-state index in [4.69, 9.17) is 0 Å². The summed E-state index contributed by atoms with van der Waals surface area (Å²) in [5.74, 6) is 0.773. The molecule has 0 radical (unpaired) electrons. The van der Waals surface area contributed by atoms with E-state index in [1.54, 1.807) is 11.3 Å². The molecule has 3 heterocycles.